The Morgan fingerprint density at radius 2 is 1.94 bits per heavy atom. The number of nitrogens with two attached hydrogens (primary N) is 1. The maximum absolute atomic E-state index is 13.2. The zero-order valence-corrected chi connectivity index (χ0v) is 10.8. The number of rotatable bonds is 2. The highest BCUT2D eigenvalue weighted by Gasteiger charge is 2.08. The lowest BCUT2D eigenvalue weighted by atomic mass is 10.2. The lowest BCUT2D eigenvalue weighted by Crippen LogP contribution is -1.99. The molecule has 3 N–H and O–H groups in total. The predicted octanol–water partition coefficient (Wildman–Crippen LogP) is 3.79. The Morgan fingerprint density at radius 1 is 1.22 bits per heavy atom. The number of benzene rings is 2. The number of nitrogens with zero attached hydrogens (tertiary/aromatic N) is 1. The van der Waals surface area contributed by atoms with Gasteiger partial charge in [-0.3, -0.25) is 0 Å². The third-order valence-electron chi connectivity index (χ3n) is 2.41. The van der Waals surface area contributed by atoms with Crippen LogP contribution in [0, 0.1) is 17.1 Å². The predicted molar refractivity (Wildman–Crippen MR) is 73.0 cm³/mol. The summed E-state index contributed by atoms with van der Waals surface area (Å²) in [7, 11) is 0. The number of nitriles is 1. The van der Waals surface area contributed by atoms with Crippen LogP contribution in [-0.2, 0) is 0 Å². The molecule has 0 atom stereocenters. The van der Waals surface area contributed by atoms with Crippen molar-refractivity contribution in [2.24, 2.45) is 0 Å². The topological polar surface area (TPSA) is 61.8 Å². The quantitative estimate of drug-likeness (QED) is 0.830. The Hall–Kier alpha value is -2.06. The minimum atomic E-state index is -0.424. The number of hydrogen-bond acceptors (Lipinski definition) is 3. The largest absolute Gasteiger partial charge is 0.397 e. The van der Waals surface area contributed by atoms with E-state index in [1.165, 1.54) is 6.07 Å². The third-order valence-corrected chi connectivity index (χ3v) is 3.02. The van der Waals surface area contributed by atoms with Crippen LogP contribution >= 0.6 is 15.9 Å². The highest BCUT2D eigenvalue weighted by molar-refractivity contribution is 9.10. The molecule has 0 amide bonds. The van der Waals surface area contributed by atoms with E-state index in [1.807, 2.05) is 0 Å². The van der Waals surface area contributed by atoms with Gasteiger partial charge in [0.1, 0.15) is 11.9 Å². The molecule has 2 rings (SSSR count). The Balaban J connectivity index is 2.41. The summed E-state index contributed by atoms with van der Waals surface area (Å²) in [6, 6.07) is 11.9. The van der Waals surface area contributed by atoms with Gasteiger partial charge in [0.2, 0.25) is 0 Å². The smallest absolute Gasteiger partial charge is 0.139 e. The van der Waals surface area contributed by atoms with Crippen molar-refractivity contribution < 1.29 is 4.39 Å². The molecule has 0 spiro atoms. The normalized spacial score (nSPS) is 9.83. The monoisotopic (exact) mass is 305 g/mol. The van der Waals surface area contributed by atoms with Crippen LogP contribution in [0.4, 0.5) is 21.5 Å². The van der Waals surface area contributed by atoms with Gasteiger partial charge in [-0.2, -0.15) is 5.26 Å². The van der Waals surface area contributed by atoms with Crippen LogP contribution in [0.3, 0.4) is 0 Å². The van der Waals surface area contributed by atoms with Crippen molar-refractivity contribution in [2.45, 2.75) is 0 Å². The zero-order valence-electron chi connectivity index (χ0n) is 9.24. The van der Waals surface area contributed by atoms with Gasteiger partial charge >= 0.3 is 0 Å². The Kier molecular flexibility index (Phi) is 3.49. The van der Waals surface area contributed by atoms with Crippen LogP contribution in [0.25, 0.3) is 0 Å². The first kappa shape index (κ1) is 12.4. The van der Waals surface area contributed by atoms with Gasteiger partial charge in [0, 0.05) is 6.07 Å². The number of nitrogen functional groups attached to an aromatic ring is 1. The van der Waals surface area contributed by atoms with Gasteiger partial charge in [-0.15, -0.1) is 0 Å². The standard InChI is InChI=1S/C13H9BrFN3/c14-9-5-13(11(17)6-10(9)15)18-12-4-2-1-3-8(12)7-16/h1-6,18H,17H2. The fourth-order valence-electron chi connectivity index (χ4n) is 1.51. The Labute approximate surface area is 112 Å². The fourth-order valence-corrected chi connectivity index (χ4v) is 1.85. The summed E-state index contributed by atoms with van der Waals surface area (Å²) >= 11 is 3.09. The van der Waals surface area contributed by atoms with E-state index in [9.17, 15) is 4.39 Å². The summed E-state index contributed by atoms with van der Waals surface area (Å²) in [5.74, 6) is -0.424. The van der Waals surface area contributed by atoms with Crippen molar-refractivity contribution >= 4 is 33.0 Å². The van der Waals surface area contributed by atoms with E-state index in [-0.39, 0.29) is 5.69 Å². The summed E-state index contributed by atoms with van der Waals surface area (Å²) in [5, 5.41) is 12.0. The van der Waals surface area contributed by atoms with Crippen LogP contribution in [0.15, 0.2) is 40.9 Å². The first-order chi connectivity index (χ1) is 8.61. The van der Waals surface area contributed by atoms with Gasteiger partial charge in [0.25, 0.3) is 0 Å². The molecule has 0 aliphatic heterocycles. The number of anilines is 3. The summed E-state index contributed by atoms with van der Waals surface area (Å²) in [6.07, 6.45) is 0. The first-order valence-corrected chi connectivity index (χ1v) is 5.92. The molecule has 0 saturated carbocycles. The van der Waals surface area contributed by atoms with Gasteiger partial charge in [0.15, 0.2) is 0 Å². The second-order valence-corrected chi connectivity index (χ2v) is 4.49. The molecule has 0 saturated heterocycles. The van der Waals surface area contributed by atoms with Gasteiger partial charge in [-0.1, -0.05) is 12.1 Å². The van der Waals surface area contributed by atoms with E-state index >= 15 is 0 Å². The first-order valence-electron chi connectivity index (χ1n) is 5.12. The zero-order chi connectivity index (χ0) is 13.1. The van der Waals surface area contributed by atoms with E-state index in [1.54, 1.807) is 30.3 Å². The van der Waals surface area contributed by atoms with Gasteiger partial charge in [0.05, 0.1) is 27.1 Å². The van der Waals surface area contributed by atoms with Crippen molar-refractivity contribution in [3.63, 3.8) is 0 Å². The maximum atomic E-state index is 13.2. The molecule has 2 aromatic carbocycles. The molecule has 0 radical (unpaired) electrons. The summed E-state index contributed by atoms with van der Waals surface area (Å²) in [6.45, 7) is 0. The van der Waals surface area contributed by atoms with Crippen LogP contribution in [0.2, 0.25) is 0 Å². The van der Waals surface area contributed by atoms with E-state index in [0.29, 0.717) is 21.4 Å². The molecule has 18 heavy (non-hydrogen) atoms. The van der Waals surface area contributed by atoms with Crippen molar-refractivity contribution in [3.8, 4) is 6.07 Å². The van der Waals surface area contributed by atoms with Crippen molar-refractivity contribution in [2.75, 3.05) is 11.1 Å². The minimum Gasteiger partial charge on any atom is -0.397 e. The lowest BCUT2D eigenvalue weighted by molar-refractivity contribution is 0.622. The van der Waals surface area contributed by atoms with Gasteiger partial charge < -0.3 is 11.1 Å². The molecule has 0 fully saturated rings. The van der Waals surface area contributed by atoms with Gasteiger partial charge in [-0.05, 0) is 34.1 Å². The molecule has 5 heteroatoms. The van der Waals surface area contributed by atoms with Crippen molar-refractivity contribution in [3.05, 3.63) is 52.3 Å². The second-order valence-electron chi connectivity index (χ2n) is 3.64. The number of nitrogens with one attached hydrogen (secondary N) is 1. The number of hydrogen-bond donors (Lipinski definition) is 2. The number of para-hydroxylation sites is 1. The molecule has 2 aromatic rings. The molecule has 0 aliphatic rings. The fraction of sp³-hybridized carbons (Fsp3) is 0. The Bertz CT molecular complexity index is 635. The highest BCUT2D eigenvalue weighted by Crippen LogP contribution is 2.30. The Morgan fingerprint density at radius 3 is 2.67 bits per heavy atom. The lowest BCUT2D eigenvalue weighted by Gasteiger charge is -2.11. The van der Waals surface area contributed by atoms with E-state index in [4.69, 9.17) is 11.0 Å². The van der Waals surface area contributed by atoms with Gasteiger partial charge in [-0.25, -0.2) is 4.39 Å². The highest BCUT2D eigenvalue weighted by atomic mass is 79.9. The third kappa shape index (κ3) is 2.44. The second kappa shape index (κ2) is 5.07. The summed E-state index contributed by atoms with van der Waals surface area (Å²) < 4.78 is 13.6. The van der Waals surface area contributed by atoms with E-state index < -0.39 is 5.82 Å². The molecule has 0 aromatic heterocycles. The molecule has 3 nitrogen and oxygen atoms in total. The molecule has 0 unspecified atom stereocenters. The van der Waals surface area contributed by atoms with Crippen LogP contribution in [-0.4, -0.2) is 0 Å². The molecule has 0 bridgehead atoms. The number of halogens is 2. The molecule has 0 aliphatic carbocycles. The van der Waals surface area contributed by atoms with E-state index in [2.05, 4.69) is 27.3 Å². The van der Waals surface area contributed by atoms with Crippen LogP contribution < -0.4 is 11.1 Å². The van der Waals surface area contributed by atoms with Crippen molar-refractivity contribution in [1.82, 2.24) is 0 Å². The maximum Gasteiger partial charge on any atom is 0.139 e. The average Bonchev–Trinajstić information content (AvgIpc) is 2.36. The van der Waals surface area contributed by atoms with Crippen molar-refractivity contribution in [1.29, 1.82) is 5.26 Å². The molecule has 90 valence electrons. The minimum absolute atomic E-state index is 0.281. The average molecular weight is 306 g/mol. The molecular weight excluding hydrogens is 297 g/mol. The van der Waals surface area contributed by atoms with E-state index in [0.717, 1.165) is 0 Å². The SMILES string of the molecule is N#Cc1ccccc1Nc1cc(Br)c(F)cc1N. The summed E-state index contributed by atoms with van der Waals surface area (Å²) in [4.78, 5) is 0. The van der Waals surface area contributed by atoms with Crippen LogP contribution in [0.5, 0.6) is 0 Å². The van der Waals surface area contributed by atoms with Crippen LogP contribution in [0.1, 0.15) is 5.56 Å². The summed E-state index contributed by atoms with van der Waals surface area (Å²) in [5.41, 5.74) is 7.68. The molecule has 0 heterocycles. The molecular formula is C13H9BrFN3.